The first-order valence-corrected chi connectivity index (χ1v) is 9.38. The third-order valence-corrected chi connectivity index (χ3v) is 5.59. The normalized spacial score (nSPS) is 23.0. The molecule has 1 aromatic heterocycles. The summed E-state index contributed by atoms with van der Waals surface area (Å²) in [5.74, 6) is -0.326. The lowest BCUT2D eigenvalue weighted by molar-refractivity contribution is -0.122. The lowest BCUT2D eigenvalue weighted by Crippen LogP contribution is -2.51. The van der Waals surface area contributed by atoms with Gasteiger partial charge in [-0.2, -0.15) is 0 Å². The van der Waals surface area contributed by atoms with Crippen LogP contribution in [0.5, 0.6) is 0 Å². The quantitative estimate of drug-likeness (QED) is 0.777. The molecule has 1 saturated carbocycles. The summed E-state index contributed by atoms with van der Waals surface area (Å²) in [5, 5.41) is 7.65. The van der Waals surface area contributed by atoms with Crippen molar-refractivity contribution in [2.75, 3.05) is 10.6 Å². The Labute approximate surface area is 151 Å². The standard InChI is InChI=1S/C19H23N3O2S/c1-19(20)11-3-2-5-15(19)17(23)21-13-7-9-14(10-8-13)22-18(24)16-6-4-12-25-16/h4,6-10,12,15H,2-3,5,11,20H2,1H3,(H,21,23)(H,22,24). The molecule has 0 aliphatic heterocycles. The number of thiophene rings is 1. The smallest absolute Gasteiger partial charge is 0.265 e. The molecule has 0 saturated heterocycles. The molecule has 2 atom stereocenters. The first kappa shape index (κ1) is 17.6. The lowest BCUT2D eigenvalue weighted by Gasteiger charge is -2.37. The van der Waals surface area contributed by atoms with Crippen LogP contribution in [0.15, 0.2) is 41.8 Å². The van der Waals surface area contributed by atoms with E-state index in [1.165, 1.54) is 11.3 Å². The molecule has 3 rings (SSSR count). The average Bonchev–Trinajstić information content (AvgIpc) is 3.11. The molecule has 1 aliphatic carbocycles. The minimum atomic E-state index is -0.447. The number of carbonyl (C=O) groups is 2. The van der Waals surface area contributed by atoms with Crippen molar-refractivity contribution in [3.63, 3.8) is 0 Å². The van der Waals surface area contributed by atoms with Gasteiger partial charge in [-0.1, -0.05) is 18.9 Å². The third kappa shape index (κ3) is 4.27. The zero-order valence-electron chi connectivity index (χ0n) is 14.2. The Morgan fingerprint density at radius 1 is 1.12 bits per heavy atom. The number of hydrogen-bond acceptors (Lipinski definition) is 4. The Kier molecular flexibility index (Phi) is 5.20. The van der Waals surface area contributed by atoms with Gasteiger partial charge in [-0.3, -0.25) is 9.59 Å². The second kappa shape index (κ2) is 7.37. The van der Waals surface area contributed by atoms with Crippen molar-refractivity contribution in [1.82, 2.24) is 0 Å². The molecule has 0 spiro atoms. The first-order valence-electron chi connectivity index (χ1n) is 8.50. The van der Waals surface area contributed by atoms with Crippen LogP contribution >= 0.6 is 11.3 Å². The summed E-state index contributed by atoms with van der Waals surface area (Å²) in [5.41, 5.74) is 7.25. The maximum absolute atomic E-state index is 12.5. The van der Waals surface area contributed by atoms with Gasteiger partial charge in [0.25, 0.3) is 5.91 Å². The molecule has 1 aromatic carbocycles. The van der Waals surface area contributed by atoms with E-state index in [-0.39, 0.29) is 17.7 Å². The minimum absolute atomic E-state index is 0.0277. The van der Waals surface area contributed by atoms with E-state index in [9.17, 15) is 9.59 Å². The molecule has 2 aromatic rings. The summed E-state index contributed by atoms with van der Waals surface area (Å²) in [6, 6.07) is 10.8. The predicted molar refractivity (Wildman–Crippen MR) is 102 cm³/mol. The maximum atomic E-state index is 12.5. The molecule has 2 unspecified atom stereocenters. The van der Waals surface area contributed by atoms with Crippen LogP contribution in [0.4, 0.5) is 11.4 Å². The number of amides is 2. The van der Waals surface area contributed by atoms with Crippen molar-refractivity contribution in [3.8, 4) is 0 Å². The van der Waals surface area contributed by atoms with Crippen LogP contribution in [0, 0.1) is 5.92 Å². The molecule has 1 heterocycles. The molecule has 4 N–H and O–H groups in total. The average molecular weight is 357 g/mol. The zero-order chi connectivity index (χ0) is 17.9. The van der Waals surface area contributed by atoms with Crippen molar-refractivity contribution >= 4 is 34.5 Å². The third-order valence-electron chi connectivity index (χ3n) is 4.73. The number of rotatable bonds is 4. The van der Waals surface area contributed by atoms with E-state index in [2.05, 4.69) is 10.6 Å². The van der Waals surface area contributed by atoms with E-state index in [1.54, 1.807) is 30.3 Å². The monoisotopic (exact) mass is 357 g/mol. The molecule has 0 bridgehead atoms. The van der Waals surface area contributed by atoms with Crippen molar-refractivity contribution in [2.24, 2.45) is 11.7 Å². The molecule has 6 heteroatoms. The van der Waals surface area contributed by atoms with Gasteiger partial charge in [0, 0.05) is 16.9 Å². The number of carbonyl (C=O) groups excluding carboxylic acids is 2. The lowest BCUT2D eigenvalue weighted by atomic mass is 9.74. The fraction of sp³-hybridized carbons (Fsp3) is 0.368. The van der Waals surface area contributed by atoms with Gasteiger partial charge in [0.2, 0.25) is 5.91 Å². The van der Waals surface area contributed by atoms with Crippen molar-refractivity contribution in [1.29, 1.82) is 0 Å². The summed E-state index contributed by atoms with van der Waals surface area (Å²) in [6.45, 7) is 1.96. The highest BCUT2D eigenvalue weighted by Gasteiger charge is 2.37. The molecular weight excluding hydrogens is 334 g/mol. The summed E-state index contributed by atoms with van der Waals surface area (Å²) in [4.78, 5) is 25.2. The van der Waals surface area contributed by atoms with Crippen LogP contribution in [0.1, 0.15) is 42.3 Å². The van der Waals surface area contributed by atoms with Crippen LogP contribution in [0.2, 0.25) is 0 Å². The Balaban J connectivity index is 1.60. The molecule has 1 fully saturated rings. The molecular formula is C19H23N3O2S. The van der Waals surface area contributed by atoms with Crippen molar-refractivity contribution in [2.45, 2.75) is 38.1 Å². The van der Waals surface area contributed by atoms with E-state index < -0.39 is 5.54 Å². The second-order valence-corrected chi connectivity index (χ2v) is 7.75. The topological polar surface area (TPSA) is 84.2 Å². The highest BCUT2D eigenvalue weighted by atomic mass is 32.1. The Bertz CT molecular complexity index is 739. The van der Waals surface area contributed by atoms with Gasteiger partial charge in [0.1, 0.15) is 0 Å². The summed E-state index contributed by atoms with van der Waals surface area (Å²) >= 11 is 1.40. The van der Waals surface area contributed by atoms with Crippen LogP contribution in [0.25, 0.3) is 0 Å². The number of anilines is 2. The molecule has 0 radical (unpaired) electrons. The van der Waals surface area contributed by atoms with Crippen LogP contribution in [-0.4, -0.2) is 17.4 Å². The van der Waals surface area contributed by atoms with Crippen molar-refractivity contribution < 1.29 is 9.59 Å². The van der Waals surface area contributed by atoms with Gasteiger partial charge in [-0.15, -0.1) is 11.3 Å². The summed E-state index contributed by atoms with van der Waals surface area (Å²) in [6.07, 6.45) is 3.82. The molecule has 25 heavy (non-hydrogen) atoms. The second-order valence-electron chi connectivity index (χ2n) is 6.80. The van der Waals surface area contributed by atoms with Gasteiger partial charge in [-0.25, -0.2) is 0 Å². The largest absolute Gasteiger partial charge is 0.326 e. The van der Waals surface area contributed by atoms with Crippen molar-refractivity contribution in [3.05, 3.63) is 46.7 Å². The van der Waals surface area contributed by atoms with E-state index in [0.29, 0.717) is 16.3 Å². The number of benzene rings is 1. The Morgan fingerprint density at radius 3 is 2.40 bits per heavy atom. The first-order chi connectivity index (χ1) is 12.0. The molecule has 132 valence electrons. The number of nitrogens with two attached hydrogens (primary N) is 1. The fourth-order valence-electron chi connectivity index (χ4n) is 3.26. The highest BCUT2D eigenvalue weighted by Crippen LogP contribution is 2.32. The molecule has 5 nitrogen and oxygen atoms in total. The van der Waals surface area contributed by atoms with Gasteiger partial charge in [0.05, 0.1) is 10.8 Å². The van der Waals surface area contributed by atoms with E-state index in [0.717, 1.165) is 25.7 Å². The van der Waals surface area contributed by atoms with E-state index in [4.69, 9.17) is 5.73 Å². The van der Waals surface area contributed by atoms with E-state index in [1.807, 2.05) is 18.4 Å². The highest BCUT2D eigenvalue weighted by molar-refractivity contribution is 7.12. The van der Waals surface area contributed by atoms with Crippen LogP contribution < -0.4 is 16.4 Å². The number of hydrogen-bond donors (Lipinski definition) is 3. The summed E-state index contributed by atoms with van der Waals surface area (Å²) < 4.78 is 0. The Hall–Kier alpha value is -2.18. The molecule has 1 aliphatic rings. The van der Waals surface area contributed by atoms with Gasteiger partial charge in [0.15, 0.2) is 0 Å². The zero-order valence-corrected chi connectivity index (χ0v) is 15.1. The van der Waals surface area contributed by atoms with E-state index >= 15 is 0 Å². The molecule has 2 amide bonds. The number of nitrogens with one attached hydrogen (secondary N) is 2. The van der Waals surface area contributed by atoms with Gasteiger partial charge < -0.3 is 16.4 Å². The minimum Gasteiger partial charge on any atom is -0.326 e. The van der Waals surface area contributed by atoms with Gasteiger partial charge >= 0.3 is 0 Å². The van der Waals surface area contributed by atoms with Crippen LogP contribution in [-0.2, 0) is 4.79 Å². The summed E-state index contributed by atoms with van der Waals surface area (Å²) in [7, 11) is 0. The SMILES string of the molecule is CC1(N)CCCCC1C(=O)Nc1ccc(NC(=O)c2cccs2)cc1. The maximum Gasteiger partial charge on any atom is 0.265 e. The fourth-order valence-corrected chi connectivity index (χ4v) is 3.87. The van der Waals surface area contributed by atoms with Crippen LogP contribution in [0.3, 0.4) is 0 Å². The predicted octanol–water partition coefficient (Wildman–Crippen LogP) is 3.85. The Morgan fingerprint density at radius 2 is 1.80 bits per heavy atom. The van der Waals surface area contributed by atoms with Gasteiger partial charge in [-0.05, 0) is 55.5 Å².